The zero-order valence-electron chi connectivity index (χ0n) is 14.4. The summed E-state index contributed by atoms with van der Waals surface area (Å²) in [5.41, 5.74) is -0.219. The summed E-state index contributed by atoms with van der Waals surface area (Å²) >= 11 is 0. The van der Waals surface area contributed by atoms with Gasteiger partial charge in [0.05, 0.1) is 23.8 Å². The van der Waals surface area contributed by atoms with Crippen molar-refractivity contribution < 1.29 is 28.2 Å². The topological polar surface area (TPSA) is 106 Å². The monoisotopic (exact) mass is 391 g/mol. The molecule has 1 saturated carbocycles. The highest BCUT2D eigenvalue weighted by molar-refractivity contribution is 5.94. The van der Waals surface area contributed by atoms with Crippen LogP contribution < -0.4 is 5.32 Å². The number of hydrogen-bond acceptors (Lipinski definition) is 5. The maximum absolute atomic E-state index is 12.7. The van der Waals surface area contributed by atoms with Crippen molar-refractivity contribution >= 4 is 5.91 Å². The predicted octanol–water partition coefficient (Wildman–Crippen LogP) is 1.98. The number of alkyl halides is 3. The summed E-state index contributed by atoms with van der Waals surface area (Å²) in [6.45, 7) is 0. The molecule has 1 aromatic carbocycles. The number of rotatable bonds is 3. The Morgan fingerprint density at radius 1 is 1.25 bits per heavy atom. The molecule has 1 aliphatic carbocycles. The van der Waals surface area contributed by atoms with Crippen molar-refractivity contribution in [3.63, 3.8) is 0 Å². The standard InChI is InChI=1S/C19H16F3N3O3/c20-19(21,22)15-5-4-12(9-24-15)13-7-14(26)17(27)16(13)25-18(28)11-3-1-2-10(6-11)8-23/h1-6,9,13-14,16-17,26-27H,7H2,(H,25,28). The normalized spacial score (nSPS) is 24.6. The molecule has 28 heavy (non-hydrogen) atoms. The van der Waals surface area contributed by atoms with Crippen LogP contribution >= 0.6 is 0 Å². The van der Waals surface area contributed by atoms with Gasteiger partial charge in [-0.05, 0) is 36.2 Å². The van der Waals surface area contributed by atoms with Gasteiger partial charge in [0.25, 0.3) is 5.91 Å². The van der Waals surface area contributed by atoms with Crippen molar-refractivity contribution in [2.45, 2.75) is 36.8 Å². The molecule has 0 bridgehead atoms. The Hall–Kier alpha value is -2.96. The van der Waals surface area contributed by atoms with Crippen molar-refractivity contribution in [2.24, 2.45) is 0 Å². The first-order valence-electron chi connectivity index (χ1n) is 8.41. The minimum Gasteiger partial charge on any atom is -0.390 e. The van der Waals surface area contributed by atoms with E-state index in [1.54, 1.807) is 0 Å². The Morgan fingerprint density at radius 3 is 2.61 bits per heavy atom. The van der Waals surface area contributed by atoms with Gasteiger partial charge in [-0.15, -0.1) is 0 Å². The number of hydrogen-bond donors (Lipinski definition) is 3. The first-order chi connectivity index (χ1) is 13.2. The van der Waals surface area contributed by atoms with Gasteiger partial charge in [0.2, 0.25) is 0 Å². The Bertz CT molecular complexity index is 909. The second-order valence-electron chi connectivity index (χ2n) is 6.57. The molecule has 0 spiro atoms. The van der Waals surface area contributed by atoms with Gasteiger partial charge in [-0.25, -0.2) is 0 Å². The first-order valence-corrected chi connectivity index (χ1v) is 8.41. The molecule has 4 atom stereocenters. The van der Waals surface area contributed by atoms with Crippen LogP contribution in [0.25, 0.3) is 0 Å². The smallest absolute Gasteiger partial charge is 0.390 e. The van der Waals surface area contributed by atoms with Gasteiger partial charge < -0.3 is 15.5 Å². The van der Waals surface area contributed by atoms with Gasteiger partial charge >= 0.3 is 6.18 Å². The minimum absolute atomic E-state index is 0.0530. The minimum atomic E-state index is -4.58. The van der Waals surface area contributed by atoms with E-state index in [-0.39, 0.29) is 17.5 Å². The van der Waals surface area contributed by atoms with Crippen LogP contribution in [-0.2, 0) is 6.18 Å². The van der Waals surface area contributed by atoms with Crippen molar-refractivity contribution in [3.05, 3.63) is 65.0 Å². The molecule has 0 radical (unpaired) electrons. The first kappa shape index (κ1) is 19.8. The Labute approximate surface area is 158 Å². The average Bonchev–Trinajstić information content (AvgIpc) is 2.96. The number of aliphatic hydroxyl groups is 2. The molecule has 3 N–H and O–H groups in total. The number of aromatic nitrogens is 1. The van der Waals surface area contributed by atoms with Crippen LogP contribution in [0.1, 0.15) is 39.5 Å². The van der Waals surface area contributed by atoms with Crippen LogP contribution in [0.5, 0.6) is 0 Å². The largest absolute Gasteiger partial charge is 0.433 e. The van der Waals surface area contributed by atoms with E-state index in [1.807, 2.05) is 6.07 Å². The highest BCUT2D eigenvalue weighted by Gasteiger charge is 2.43. The summed E-state index contributed by atoms with van der Waals surface area (Å²) in [5, 5.41) is 31.8. The SMILES string of the molecule is N#Cc1cccc(C(=O)NC2C(c3ccc(C(F)(F)F)nc3)CC(O)C2O)c1. The molecule has 1 aromatic heterocycles. The van der Waals surface area contributed by atoms with E-state index >= 15 is 0 Å². The van der Waals surface area contributed by atoms with E-state index in [0.717, 1.165) is 12.3 Å². The zero-order chi connectivity index (χ0) is 20.5. The lowest BCUT2D eigenvalue weighted by atomic mass is 9.94. The number of nitrogens with one attached hydrogen (secondary N) is 1. The number of aliphatic hydroxyl groups excluding tert-OH is 2. The van der Waals surface area contributed by atoms with Gasteiger partial charge in [0.15, 0.2) is 0 Å². The molecule has 1 amide bonds. The van der Waals surface area contributed by atoms with E-state index in [0.29, 0.717) is 5.56 Å². The van der Waals surface area contributed by atoms with Crippen LogP contribution in [0.15, 0.2) is 42.6 Å². The van der Waals surface area contributed by atoms with Gasteiger partial charge in [-0.3, -0.25) is 9.78 Å². The molecule has 1 aliphatic rings. The van der Waals surface area contributed by atoms with E-state index in [1.165, 1.54) is 30.3 Å². The van der Waals surface area contributed by atoms with Crippen LogP contribution in [0.2, 0.25) is 0 Å². The van der Waals surface area contributed by atoms with E-state index in [4.69, 9.17) is 5.26 Å². The fraction of sp³-hybridized carbons (Fsp3) is 0.316. The highest BCUT2D eigenvalue weighted by Crippen LogP contribution is 2.36. The lowest BCUT2D eigenvalue weighted by Gasteiger charge is -2.24. The summed E-state index contributed by atoms with van der Waals surface area (Å²) in [4.78, 5) is 15.9. The molecule has 1 heterocycles. The molecule has 1 fully saturated rings. The van der Waals surface area contributed by atoms with Crippen molar-refractivity contribution in [2.75, 3.05) is 0 Å². The number of pyridine rings is 1. The quantitative estimate of drug-likeness (QED) is 0.742. The van der Waals surface area contributed by atoms with Crippen molar-refractivity contribution in [3.8, 4) is 6.07 Å². The number of nitriles is 1. The second-order valence-corrected chi connectivity index (χ2v) is 6.57. The lowest BCUT2D eigenvalue weighted by molar-refractivity contribution is -0.141. The molecule has 2 aromatic rings. The third-order valence-electron chi connectivity index (χ3n) is 4.75. The molecular weight excluding hydrogens is 375 g/mol. The molecule has 0 saturated heterocycles. The number of amides is 1. The van der Waals surface area contributed by atoms with Gasteiger partial charge in [0, 0.05) is 17.7 Å². The molecular formula is C19H16F3N3O3. The predicted molar refractivity (Wildman–Crippen MR) is 91.0 cm³/mol. The summed E-state index contributed by atoms with van der Waals surface area (Å²) in [7, 11) is 0. The molecule has 0 aliphatic heterocycles. The number of carbonyl (C=O) groups is 1. The summed E-state index contributed by atoms with van der Waals surface area (Å²) in [5.74, 6) is -1.19. The van der Waals surface area contributed by atoms with Crippen LogP contribution in [0.4, 0.5) is 13.2 Å². The number of halogens is 3. The highest BCUT2D eigenvalue weighted by atomic mass is 19.4. The number of benzene rings is 1. The fourth-order valence-corrected chi connectivity index (χ4v) is 3.31. The van der Waals surface area contributed by atoms with Crippen molar-refractivity contribution in [1.82, 2.24) is 10.3 Å². The van der Waals surface area contributed by atoms with E-state index < -0.39 is 41.9 Å². The second kappa shape index (κ2) is 7.58. The zero-order valence-corrected chi connectivity index (χ0v) is 14.4. The molecule has 3 rings (SSSR count). The van der Waals surface area contributed by atoms with Gasteiger partial charge in [-0.2, -0.15) is 18.4 Å². The Kier molecular flexibility index (Phi) is 5.36. The number of nitrogens with zero attached hydrogens (tertiary/aromatic N) is 2. The van der Waals surface area contributed by atoms with Crippen LogP contribution in [0.3, 0.4) is 0 Å². The summed E-state index contributed by atoms with van der Waals surface area (Å²) < 4.78 is 38.1. The van der Waals surface area contributed by atoms with E-state index in [2.05, 4.69) is 10.3 Å². The molecule has 9 heteroatoms. The maximum Gasteiger partial charge on any atom is 0.433 e. The summed E-state index contributed by atoms with van der Waals surface area (Å²) in [6, 6.07) is 8.96. The Balaban J connectivity index is 1.83. The van der Waals surface area contributed by atoms with Crippen molar-refractivity contribution in [1.29, 1.82) is 5.26 Å². The number of carbonyl (C=O) groups excluding carboxylic acids is 1. The molecule has 6 nitrogen and oxygen atoms in total. The fourth-order valence-electron chi connectivity index (χ4n) is 3.31. The van der Waals surface area contributed by atoms with Crippen LogP contribution in [0, 0.1) is 11.3 Å². The van der Waals surface area contributed by atoms with E-state index in [9.17, 15) is 28.2 Å². The average molecular weight is 391 g/mol. The Morgan fingerprint density at radius 2 is 2.00 bits per heavy atom. The lowest BCUT2D eigenvalue weighted by Crippen LogP contribution is -2.45. The maximum atomic E-state index is 12.7. The molecule has 146 valence electrons. The third kappa shape index (κ3) is 3.98. The van der Waals surface area contributed by atoms with Gasteiger partial charge in [0.1, 0.15) is 11.8 Å². The van der Waals surface area contributed by atoms with Gasteiger partial charge in [-0.1, -0.05) is 12.1 Å². The summed E-state index contributed by atoms with van der Waals surface area (Å²) in [6.07, 6.45) is -5.93. The van der Waals surface area contributed by atoms with Crippen LogP contribution in [-0.4, -0.2) is 39.4 Å². The molecule has 4 unspecified atom stereocenters. The third-order valence-corrected chi connectivity index (χ3v) is 4.75.